The molecule has 1 saturated heterocycles. The second-order valence-electron chi connectivity index (χ2n) is 10.7. The first-order valence-electron chi connectivity index (χ1n) is 13.1. The lowest BCUT2D eigenvalue weighted by Gasteiger charge is -2.32. The fourth-order valence-corrected chi connectivity index (χ4v) is 6.26. The Hall–Kier alpha value is -2.42. The van der Waals surface area contributed by atoms with Crippen molar-refractivity contribution >= 4 is 41.0 Å². The maximum absolute atomic E-state index is 14.3. The van der Waals surface area contributed by atoms with Crippen LogP contribution in [-0.2, 0) is 5.41 Å². The summed E-state index contributed by atoms with van der Waals surface area (Å²) in [6.07, 6.45) is 3.75. The average molecular weight is 594 g/mol. The molecule has 2 amide bonds. The van der Waals surface area contributed by atoms with Crippen molar-refractivity contribution in [1.29, 1.82) is 0 Å². The molecule has 6 nitrogen and oxygen atoms in total. The number of halogens is 3. The Bertz CT molecular complexity index is 1320. The Morgan fingerprint density at radius 2 is 1.90 bits per heavy atom. The van der Waals surface area contributed by atoms with Gasteiger partial charge in [0.1, 0.15) is 0 Å². The van der Waals surface area contributed by atoms with Crippen LogP contribution in [0.1, 0.15) is 51.8 Å². The van der Waals surface area contributed by atoms with Crippen LogP contribution in [-0.4, -0.2) is 52.5 Å². The Balaban J connectivity index is 1.61. The number of benzene rings is 2. The molecule has 2 heterocycles. The molecule has 0 atom stereocenters. The van der Waals surface area contributed by atoms with E-state index < -0.39 is 11.2 Å². The van der Waals surface area contributed by atoms with Gasteiger partial charge in [-0.05, 0) is 62.4 Å². The number of nitrogens with one attached hydrogen (secondary N) is 1. The standard InChI is InChI=1S/C29H35Cl2FN4O2S/c1-18(2)34-27(37)35-12-10-19(11-13-35)17-39-28-33-16-26(29(3,4)20-6-8-22(30)23(31)14-20)36(28)21-7-9-24(32)25(15-21)38-5/h6-9,14-16,18-19H,10-13,17H2,1-5H3,(H,34,37). The highest BCUT2D eigenvalue weighted by Gasteiger charge is 2.31. The number of likely N-dealkylation sites (tertiary alicyclic amines) is 1. The molecule has 39 heavy (non-hydrogen) atoms. The van der Waals surface area contributed by atoms with Crippen molar-refractivity contribution in [2.75, 3.05) is 26.0 Å². The van der Waals surface area contributed by atoms with Gasteiger partial charge >= 0.3 is 6.03 Å². The van der Waals surface area contributed by atoms with E-state index in [1.165, 1.54) is 13.2 Å². The van der Waals surface area contributed by atoms with Crippen molar-refractivity contribution in [1.82, 2.24) is 19.8 Å². The highest BCUT2D eigenvalue weighted by molar-refractivity contribution is 7.99. The Kier molecular flexibility index (Phi) is 9.40. The van der Waals surface area contributed by atoms with E-state index >= 15 is 0 Å². The van der Waals surface area contributed by atoms with E-state index in [0.717, 1.165) is 53.8 Å². The number of piperidine rings is 1. The molecule has 1 fully saturated rings. The van der Waals surface area contributed by atoms with Crippen LogP contribution in [0, 0.1) is 11.7 Å². The molecule has 1 aliphatic rings. The Morgan fingerprint density at radius 3 is 2.54 bits per heavy atom. The van der Waals surface area contributed by atoms with Gasteiger partial charge in [-0.25, -0.2) is 14.2 Å². The van der Waals surface area contributed by atoms with E-state index in [9.17, 15) is 9.18 Å². The third-order valence-electron chi connectivity index (χ3n) is 7.17. The number of ether oxygens (including phenoxy) is 1. The molecule has 3 aromatic rings. The van der Waals surface area contributed by atoms with Gasteiger partial charge in [0.15, 0.2) is 16.7 Å². The molecule has 1 aliphatic heterocycles. The van der Waals surface area contributed by atoms with Crippen molar-refractivity contribution in [2.45, 2.75) is 57.1 Å². The van der Waals surface area contributed by atoms with E-state index in [0.29, 0.717) is 16.0 Å². The number of carbonyl (C=O) groups excluding carboxylic acids is 1. The van der Waals surface area contributed by atoms with Gasteiger partial charge in [0.05, 0.1) is 34.7 Å². The van der Waals surface area contributed by atoms with Gasteiger partial charge in [0.2, 0.25) is 0 Å². The van der Waals surface area contributed by atoms with Crippen LogP contribution >= 0.6 is 35.0 Å². The molecule has 0 spiro atoms. The zero-order chi connectivity index (χ0) is 28.3. The molecule has 0 aliphatic carbocycles. The first-order chi connectivity index (χ1) is 18.5. The summed E-state index contributed by atoms with van der Waals surface area (Å²) in [7, 11) is 1.46. The molecule has 0 unspecified atom stereocenters. The summed E-state index contributed by atoms with van der Waals surface area (Å²) in [5, 5.41) is 4.77. The number of imidazole rings is 1. The second-order valence-corrected chi connectivity index (χ2v) is 12.5. The number of carbonyl (C=O) groups is 1. The van der Waals surface area contributed by atoms with Gasteiger partial charge in [0.25, 0.3) is 0 Å². The number of amides is 2. The first-order valence-corrected chi connectivity index (χ1v) is 14.8. The highest BCUT2D eigenvalue weighted by Crippen LogP contribution is 2.39. The number of hydrogen-bond donors (Lipinski definition) is 1. The fourth-order valence-electron chi connectivity index (χ4n) is 4.78. The highest BCUT2D eigenvalue weighted by atomic mass is 35.5. The number of methoxy groups -OCH3 is 1. The summed E-state index contributed by atoms with van der Waals surface area (Å²) in [4.78, 5) is 19.1. The summed E-state index contributed by atoms with van der Waals surface area (Å²) in [5.41, 5.74) is 2.18. The van der Waals surface area contributed by atoms with Gasteiger partial charge in [-0.15, -0.1) is 0 Å². The largest absolute Gasteiger partial charge is 0.494 e. The summed E-state index contributed by atoms with van der Waals surface area (Å²) in [6, 6.07) is 10.6. The summed E-state index contributed by atoms with van der Waals surface area (Å²) >= 11 is 14.2. The average Bonchev–Trinajstić information content (AvgIpc) is 3.34. The third kappa shape index (κ3) is 6.67. The van der Waals surface area contributed by atoms with Crippen molar-refractivity contribution in [3.05, 3.63) is 69.7 Å². The van der Waals surface area contributed by atoms with Gasteiger partial charge in [-0.2, -0.15) is 0 Å². The molecule has 0 saturated carbocycles. The van der Waals surface area contributed by atoms with E-state index in [2.05, 4.69) is 23.7 Å². The summed E-state index contributed by atoms with van der Waals surface area (Å²) in [6.45, 7) is 9.63. The third-order valence-corrected chi connectivity index (χ3v) is 9.09. The van der Waals surface area contributed by atoms with Gasteiger partial charge in [0, 0.05) is 36.4 Å². The maximum atomic E-state index is 14.3. The zero-order valence-corrected chi connectivity index (χ0v) is 25.3. The molecule has 1 aromatic heterocycles. The second kappa shape index (κ2) is 12.4. The molecular formula is C29H35Cl2FN4O2S. The summed E-state index contributed by atoms with van der Waals surface area (Å²) < 4.78 is 21.7. The van der Waals surface area contributed by atoms with Crippen molar-refractivity contribution < 1.29 is 13.9 Å². The molecule has 1 N–H and O–H groups in total. The lowest BCUT2D eigenvalue weighted by molar-refractivity contribution is 0.172. The van der Waals surface area contributed by atoms with Gasteiger partial charge in [-0.3, -0.25) is 4.57 Å². The number of aromatic nitrogens is 2. The lowest BCUT2D eigenvalue weighted by atomic mass is 9.81. The van der Waals surface area contributed by atoms with Gasteiger partial charge in [-0.1, -0.05) is 54.9 Å². The van der Waals surface area contributed by atoms with Crippen molar-refractivity contribution in [3.8, 4) is 11.4 Å². The topological polar surface area (TPSA) is 59.4 Å². The van der Waals surface area contributed by atoms with Crippen LogP contribution < -0.4 is 10.1 Å². The van der Waals surface area contributed by atoms with E-state index in [4.69, 9.17) is 32.9 Å². The number of nitrogens with zero attached hydrogens (tertiary/aromatic N) is 3. The van der Waals surface area contributed by atoms with Crippen LogP contribution in [0.4, 0.5) is 9.18 Å². The van der Waals surface area contributed by atoms with Crippen LogP contribution in [0.3, 0.4) is 0 Å². The normalized spacial score (nSPS) is 14.6. The number of rotatable bonds is 8. The quantitative estimate of drug-likeness (QED) is 0.274. The van der Waals surface area contributed by atoms with Crippen molar-refractivity contribution in [3.63, 3.8) is 0 Å². The maximum Gasteiger partial charge on any atom is 0.317 e. The van der Waals surface area contributed by atoms with E-state index in [1.54, 1.807) is 30.0 Å². The molecular weight excluding hydrogens is 558 g/mol. The molecule has 10 heteroatoms. The molecule has 4 rings (SSSR count). The predicted molar refractivity (Wildman–Crippen MR) is 157 cm³/mol. The number of thioether (sulfide) groups is 1. The van der Waals surface area contributed by atoms with Gasteiger partial charge < -0.3 is 15.0 Å². The molecule has 0 radical (unpaired) electrons. The lowest BCUT2D eigenvalue weighted by Crippen LogP contribution is -2.46. The number of urea groups is 1. The zero-order valence-electron chi connectivity index (χ0n) is 22.9. The molecule has 0 bridgehead atoms. The minimum atomic E-state index is -0.489. The Morgan fingerprint density at radius 1 is 1.18 bits per heavy atom. The minimum Gasteiger partial charge on any atom is -0.494 e. The smallest absolute Gasteiger partial charge is 0.317 e. The predicted octanol–water partition coefficient (Wildman–Crippen LogP) is 7.57. The number of hydrogen-bond acceptors (Lipinski definition) is 4. The van der Waals surface area contributed by atoms with Crippen LogP contribution in [0.25, 0.3) is 5.69 Å². The molecule has 210 valence electrons. The molecule has 2 aromatic carbocycles. The summed E-state index contributed by atoms with van der Waals surface area (Å²) in [5.74, 6) is 1.07. The van der Waals surface area contributed by atoms with Crippen LogP contribution in [0.5, 0.6) is 5.75 Å². The Labute approximate surface area is 244 Å². The van der Waals surface area contributed by atoms with Crippen LogP contribution in [0.2, 0.25) is 10.0 Å². The monoisotopic (exact) mass is 592 g/mol. The SMILES string of the molecule is COc1cc(-n2c(C(C)(C)c3ccc(Cl)c(Cl)c3)cnc2SCC2CCN(C(=O)NC(C)C)CC2)ccc1F. The fraction of sp³-hybridized carbons (Fsp3) is 0.448. The van der Waals surface area contributed by atoms with E-state index in [-0.39, 0.29) is 17.8 Å². The van der Waals surface area contributed by atoms with E-state index in [1.807, 2.05) is 37.1 Å². The van der Waals surface area contributed by atoms with Crippen LogP contribution in [0.15, 0.2) is 47.8 Å². The minimum absolute atomic E-state index is 0.00563. The van der Waals surface area contributed by atoms with Crippen molar-refractivity contribution in [2.24, 2.45) is 5.92 Å². The first kappa shape index (κ1) is 29.6.